The number of ether oxygens (including phenoxy) is 1. The molecule has 166 valence electrons. The fourth-order valence-corrected chi connectivity index (χ4v) is 3.30. The molecule has 3 aromatic carbocycles. The maximum Gasteiger partial charge on any atom is 0.425 e. The highest BCUT2D eigenvalue weighted by Gasteiger charge is 2.37. The van der Waals surface area contributed by atoms with Crippen molar-refractivity contribution in [2.45, 2.75) is 26.1 Å². The second-order valence-corrected chi connectivity index (χ2v) is 7.50. The summed E-state index contributed by atoms with van der Waals surface area (Å²) in [6, 6.07) is 19.2. The SMILES string of the molecule is CC(=O)c1ccccc1-c1ccc2nc(C#Cc3ccc(OC(C)C(F)(F)F)cc3)[nH]c2c1. The Balaban J connectivity index is 1.55. The molecule has 0 bridgehead atoms. The average molecular weight is 448 g/mol. The number of Topliss-reactive ketones (excluding diaryl/α,β-unsaturated/α-hetero) is 1. The molecule has 4 rings (SSSR count). The fraction of sp³-hybridized carbons (Fsp3) is 0.154. The monoisotopic (exact) mass is 448 g/mol. The third-order valence-corrected chi connectivity index (χ3v) is 5.05. The van der Waals surface area contributed by atoms with Gasteiger partial charge < -0.3 is 9.72 Å². The van der Waals surface area contributed by atoms with E-state index in [-0.39, 0.29) is 11.5 Å². The van der Waals surface area contributed by atoms with Gasteiger partial charge in [0, 0.05) is 11.1 Å². The zero-order valence-corrected chi connectivity index (χ0v) is 17.8. The van der Waals surface area contributed by atoms with Crippen LogP contribution in [-0.2, 0) is 0 Å². The molecule has 0 aliphatic carbocycles. The van der Waals surface area contributed by atoms with Gasteiger partial charge in [0.2, 0.25) is 0 Å². The van der Waals surface area contributed by atoms with Gasteiger partial charge in [0.15, 0.2) is 17.7 Å². The van der Waals surface area contributed by atoms with Gasteiger partial charge in [0.25, 0.3) is 0 Å². The molecular formula is C26H19F3N2O2. The molecule has 1 unspecified atom stereocenters. The largest absolute Gasteiger partial charge is 0.481 e. The predicted octanol–water partition coefficient (Wildman–Crippen LogP) is 6.16. The number of hydrogen-bond donors (Lipinski definition) is 1. The van der Waals surface area contributed by atoms with E-state index in [1.54, 1.807) is 18.2 Å². The molecule has 0 spiro atoms. The molecule has 0 radical (unpaired) electrons. The minimum absolute atomic E-state index is 0.00820. The molecule has 7 heteroatoms. The summed E-state index contributed by atoms with van der Waals surface area (Å²) in [6.07, 6.45) is -6.31. The van der Waals surface area contributed by atoms with Gasteiger partial charge in [0.05, 0.1) is 11.0 Å². The number of aromatic amines is 1. The van der Waals surface area contributed by atoms with Crippen molar-refractivity contribution >= 4 is 16.8 Å². The van der Waals surface area contributed by atoms with E-state index in [1.165, 1.54) is 19.1 Å². The Morgan fingerprint density at radius 2 is 1.76 bits per heavy atom. The summed E-state index contributed by atoms with van der Waals surface area (Å²) >= 11 is 0. The number of halogens is 3. The number of ketones is 1. The van der Waals surface area contributed by atoms with Gasteiger partial charge in [-0.05, 0) is 67.3 Å². The lowest BCUT2D eigenvalue weighted by molar-refractivity contribution is -0.189. The average Bonchev–Trinajstić information content (AvgIpc) is 3.20. The second-order valence-electron chi connectivity index (χ2n) is 7.50. The highest BCUT2D eigenvalue weighted by Crippen LogP contribution is 2.27. The molecule has 1 atom stereocenters. The molecule has 0 aliphatic heterocycles. The van der Waals surface area contributed by atoms with Gasteiger partial charge in [-0.1, -0.05) is 36.3 Å². The van der Waals surface area contributed by atoms with Crippen molar-refractivity contribution in [2.24, 2.45) is 0 Å². The van der Waals surface area contributed by atoms with Crippen LogP contribution in [0.3, 0.4) is 0 Å². The van der Waals surface area contributed by atoms with Crippen LogP contribution in [-0.4, -0.2) is 28.0 Å². The summed E-state index contributed by atoms with van der Waals surface area (Å²) in [5.74, 6) is 6.43. The van der Waals surface area contributed by atoms with Crippen LogP contribution in [0.5, 0.6) is 5.75 Å². The number of nitrogens with zero attached hydrogens (tertiary/aromatic N) is 1. The normalized spacial score (nSPS) is 12.2. The van der Waals surface area contributed by atoms with E-state index in [0.717, 1.165) is 29.1 Å². The lowest BCUT2D eigenvalue weighted by Crippen LogP contribution is -2.31. The molecule has 0 saturated heterocycles. The van der Waals surface area contributed by atoms with Crippen molar-refractivity contribution in [3.05, 3.63) is 83.7 Å². The van der Waals surface area contributed by atoms with E-state index in [0.29, 0.717) is 17.0 Å². The Hall–Kier alpha value is -4.05. The smallest absolute Gasteiger partial charge is 0.425 e. The summed E-state index contributed by atoms with van der Waals surface area (Å²) in [6.45, 7) is 2.50. The molecule has 0 amide bonds. The van der Waals surface area contributed by atoms with E-state index in [9.17, 15) is 18.0 Å². The highest BCUT2D eigenvalue weighted by atomic mass is 19.4. The molecule has 1 N–H and O–H groups in total. The molecule has 1 aromatic heterocycles. The third-order valence-electron chi connectivity index (χ3n) is 5.05. The van der Waals surface area contributed by atoms with Gasteiger partial charge in [-0.3, -0.25) is 4.79 Å². The van der Waals surface area contributed by atoms with Crippen molar-refractivity contribution in [1.29, 1.82) is 0 Å². The number of aromatic nitrogens is 2. The summed E-state index contributed by atoms with van der Waals surface area (Å²) in [7, 11) is 0. The van der Waals surface area contributed by atoms with Crippen molar-refractivity contribution in [3.63, 3.8) is 0 Å². The Kier molecular flexibility index (Phi) is 5.93. The van der Waals surface area contributed by atoms with Crippen molar-refractivity contribution in [3.8, 4) is 28.7 Å². The number of benzene rings is 3. The number of H-pyrrole nitrogens is 1. The number of carbonyl (C=O) groups is 1. The molecule has 0 saturated carbocycles. The number of fused-ring (bicyclic) bond motifs is 1. The minimum atomic E-state index is -4.42. The van der Waals surface area contributed by atoms with Crippen LogP contribution >= 0.6 is 0 Å². The van der Waals surface area contributed by atoms with Crippen molar-refractivity contribution in [2.75, 3.05) is 0 Å². The number of rotatable bonds is 4. The number of nitrogens with one attached hydrogen (secondary N) is 1. The van der Waals surface area contributed by atoms with Crippen LogP contribution in [0.15, 0.2) is 66.7 Å². The first kappa shape index (κ1) is 22.2. The lowest BCUT2D eigenvalue weighted by Gasteiger charge is -2.17. The Labute approximate surface area is 188 Å². The Morgan fingerprint density at radius 1 is 1.03 bits per heavy atom. The fourth-order valence-electron chi connectivity index (χ4n) is 3.30. The molecule has 4 nitrogen and oxygen atoms in total. The third kappa shape index (κ3) is 5.07. The van der Waals surface area contributed by atoms with Crippen LogP contribution in [0.4, 0.5) is 13.2 Å². The van der Waals surface area contributed by atoms with Gasteiger partial charge in [-0.25, -0.2) is 4.98 Å². The van der Waals surface area contributed by atoms with Crippen molar-refractivity contribution < 1.29 is 22.7 Å². The topological polar surface area (TPSA) is 55.0 Å². The number of imidazole rings is 1. The lowest BCUT2D eigenvalue weighted by atomic mass is 9.97. The predicted molar refractivity (Wildman–Crippen MR) is 120 cm³/mol. The maximum absolute atomic E-state index is 12.6. The molecule has 1 heterocycles. The van der Waals surface area contributed by atoms with Gasteiger partial charge in [-0.15, -0.1) is 0 Å². The quantitative estimate of drug-likeness (QED) is 0.300. The standard InChI is InChI=1S/C26H19F3N2O2/c1-16(32)21-5-3-4-6-22(21)19-10-13-23-24(15-19)31-25(30-23)14-9-18-7-11-20(12-8-18)33-17(2)26(27,28)29/h3-8,10-13,15,17H,1-2H3,(H,30,31). The van der Waals surface area contributed by atoms with E-state index >= 15 is 0 Å². The van der Waals surface area contributed by atoms with Crippen LogP contribution in [0.2, 0.25) is 0 Å². The minimum Gasteiger partial charge on any atom is -0.481 e. The van der Waals surface area contributed by atoms with E-state index in [4.69, 9.17) is 4.74 Å². The van der Waals surface area contributed by atoms with Crippen LogP contribution < -0.4 is 4.74 Å². The van der Waals surface area contributed by atoms with Crippen molar-refractivity contribution in [1.82, 2.24) is 9.97 Å². The first-order chi connectivity index (χ1) is 15.7. The summed E-state index contributed by atoms with van der Waals surface area (Å²) in [4.78, 5) is 19.6. The maximum atomic E-state index is 12.6. The summed E-state index contributed by atoms with van der Waals surface area (Å²) in [5.41, 5.74) is 4.50. The first-order valence-corrected chi connectivity index (χ1v) is 10.2. The number of hydrogen-bond acceptors (Lipinski definition) is 3. The molecular weight excluding hydrogens is 429 g/mol. The van der Waals surface area contributed by atoms with Gasteiger partial charge in [0.1, 0.15) is 5.75 Å². The zero-order valence-electron chi connectivity index (χ0n) is 17.8. The van der Waals surface area contributed by atoms with E-state index < -0.39 is 12.3 Å². The second kappa shape index (κ2) is 8.83. The van der Waals surface area contributed by atoms with E-state index in [2.05, 4.69) is 21.8 Å². The molecule has 0 aliphatic rings. The van der Waals surface area contributed by atoms with E-state index in [1.807, 2.05) is 36.4 Å². The Morgan fingerprint density at radius 3 is 2.45 bits per heavy atom. The van der Waals surface area contributed by atoms with Gasteiger partial charge >= 0.3 is 6.18 Å². The first-order valence-electron chi connectivity index (χ1n) is 10.2. The Bertz CT molecular complexity index is 1380. The number of carbonyl (C=O) groups excluding carboxylic acids is 1. The molecule has 33 heavy (non-hydrogen) atoms. The highest BCUT2D eigenvalue weighted by molar-refractivity contribution is 6.01. The molecule has 0 fully saturated rings. The number of alkyl halides is 3. The molecule has 4 aromatic rings. The van der Waals surface area contributed by atoms with Crippen LogP contribution in [0.1, 0.15) is 35.6 Å². The van der Waals surface area contributed by atoms with Crippen LogP contribution in [0, 0.1) is 11.8 Å². The van der Waals surface area contributed by atoms with Crippen LogP contribution in [0.25, 0.3) is 22.2 Å². The summed E-state index contributed by atoms with van der Waals surface area (Å²) < 4.78 is 42.7. The summed E-state index contributed by atoms with van der Waals surface area (Å²) in [5, 5.41) is 0. The zero-order chi connectivity index (χ0) is 23.6. The van der Waals surface area contributed by atoms with Gasteiger partial charge in [-0.2, -0.15) is 13.2 Å².